The van der Waals surface area contributed by atoms with Gasteiger partial charge in [-0.05, 0) is 44.4 Å². The second-order valence-corrected chi connectivity index (χ2v) is 10.3. The maximum Gasteiger partial charge on any atom is 0.257 e. The van der Waals surface area contributed by atoms with Crippen molar-refractivity contribution in [1.82, 2.24) is 14.5 Å². The lowest BCUT2D eigenvalue weighted by molar-refractivity contribution is -0.126. The summed E-state index contributed by atoms with van der Waals surface area (Å²) in [6.07, 6.45) is 3.12. The van der Waals surface area contributed by atoms with Crippen molar-refractivity contribution in [2.45, 2.75) is 50.5 Å². The summed E-state index contributed by atoms with van der Waals surface area (Å²) in [4.78, 5) is 27.1. The Morgan fingerprint density at radius 1 is 1.22 bits per heavy atom. The van der Waals surface area contributed by atoms with Crippen LogP contribution in [0.1, 0.15) is 49.9 Å². The van der Waals surface area contributed by atoms with Crippen LogP contribution in [0, 0.1) is 11.7 Å². The molecular formula is C22H32FN3O5S. The zero-order chi connectivity index (χ0) is 23.3. The van der Waals surface area contributed by atoms with Crippen molar-refractivity contribution in [3.05, 3.63) is 29.6 Å². The van der Waals surface area contributed by atoms with Gasteiger partial charge in [0.15, 0.2) is 0 Å². The molecule has 3 rings (SSSR count). The highest BCUT2D eigenvalue weighted by atomic mass is 32.2. The number of ether oxygens (including phenoxy) is 1. The van der Waals surface area contributed by atoms with Gasteiger partial charge in [0, 0.05) is 32.2 Å². The Morgan fingerprint density at radius 2 is 1.94 bits per heavy atom. The number of piperidine rings is 1. The molecule has 0 aliphatic carbocycles. The smallest absolute Gasteiger partial charge is 0.257 e. The first-order valence-corrected chi connectivity index (χ1v) is 12.7. The normalized spacial score (nSPS) is 22.5. The van der Waals surface area contributed by atoms with Crippen LogP contribution in [0.5, 0.6) is 0 Å². The van der Waals surface area contributed by atoms with Crippen LogP contribution in [-0.2, 0) is 19.6 Å². The van der Waals surface area contributed by atoms with E-state index in [1.807, 2.05) is 13.8 Å². The number of likely N-dealkylation sites (tertiary alicyclic amines) is 1. The highest BCUT2D eigenvalue weighted by molar-refractivity contribution is 7.89. The van der Waals surface area contributed by atoms with Crippen LogP contribution in [0.3, 0.4) is 0 Å². The maximum absolute atomic E-state index is 14.6. The molecular weight excluding hydrogens is 437 g/mol. The van der Waals surface area contributed by atoms with E-state index >= 15 is 0 Å². The first kappa shape index (κ1) is 24.6. The van der Waals surface area contributed by atoms with E-state index in [0.717, 1.165) is 25.0 Å². The first-order chi connectivity index (χ1) is 15.3. The number of nitrogens with one attached hydrogen (secondary N) is 1. The van der Waals surface area contributed by atoms with Gasteiger partial charge in [-0.2, -0.15) is 4.31 Å². The molecule has 32 heavy (non-hydrogen) atoms. The second kappa shape index (κ2) is 10.7. The van der Waals surface area contributed by atoms with Crippen LogP contribution < -0.4 is 5.32 Å². The van der Waals surface area contributed by atoms with E-state index in [2.05, 4.69) is 5.32 Å². The molecule has 0 aromatic heterocycles. The predicted molar refractivity (Wildman–Crippen MR) is 117 cm³/mol. The third-order valence-corrected chi connectivity index (χ3v) is 8.01. The number of rotatable bonds is 7. The summed E-state index contributed by atoms with van der Waals surface area (Å²) < 4.78 is 47.0. The summed E-state index contributed by atoms with van der Waals surface area (Å²) in [6.45, 7) is 5.66. The van der Waals surface area contributed by atoms with Crippen molar-refractivity contribution in [3.63, 3.8) is 0 Å². The Balaban J connectivity index is 1.79. The lowest BCUT2D eigenvalue weighted by Gasteiger charge is -2.37. The number of carbonyl (C=O) groups is 2. The van der Waals surface area contributed by atoms with Gasteiger partial charge in [-0.25, -0.2) is 12.8 Å². The summed E-state index contributed by atoms with van der Waals surface area (Å²) >= 11 is 0. The molecule has 2 unspecified atom stereocenters. The molecule has 0 bridgehead atoms. The Kier molecular flexibility index (Phi) is 8.24. The third-order valence-electron chi connectivity index (χ3n) is 6.12. The molecule has 2 aliphatic rings. The van der Waals surface area contributed by atoms with Gasteiger partial charge in [-0.3, -0.25) is 9.59 Å². The highest BCUT2D eigenvalue weighted by Crippen LogP contribution is 2.27. The average Bonchev–Trinajstić information content (AvgIpc) is 2.79. The molecule has 10 heteroatoms. The average molecular weight is 470 g/mol. The van der Waals surface area contributed by atoms with Crippen LogP contribution >= 0.6 is 0 Å². The van der Waals surface area contributed by atoms with Crippen molar-refractivity contribution in [3.8, 4) is 0 Å². The van der Waals surface area contributed by atoms with E-state index < -0.39 is 21.7 Å². The lowest BCUT2D eigenvalue weighted by atomic mass is 9.92. The van der Waals surface area contributed by atoms with Crippen molar-refractivity contribution >= 4 is 21.8 Å². The molecule has 2 atom stereocenters. The molecule has 0 spiro atoms. The monoisotopic (exact) mass is 469 g/mol. The van der Waals surface area contributed by atoms with Gasteiger partial charge >= 0.3 is 0 Å². The summed E-state index contributed by atoms with van der Waals surface area (Å²) in [7, 11) is -3.86. The Morgan fingerprint density at radius 3 is 2.62 bits per heavy atom. The number of nitrogens with zero attached hydrogens (tertiary/aromatic N) is 2. The van der Waals surface area contributed by atoms with Gasteiger partial charge in [0.05, 0.1) is 29.6 Å². The fourth-order valence-corrected chi connectivity index (χ4v) is 5.49. The number of amides is 2. The Bertz CT molecular complexity index is 933. The third kappa shape index (κ3) is 5.47. The van der Waals surface area contributed by atoms with E-state index in [1.54, 1.807) is 0 Å². The second-order valence-electron chi connectivity index (χ2n) is 8.38. The van der Waals surface area contributed by atoms with Crippen LogP contribution in [0.25, 0.3) is 0 Å². The summed E-state index contributed by atoms with van der Waals surface area (Å²) in [6, 6.07) is 3.13. The molecule has 2 aliphatic heterocycles. The van der Waals surface area contributed by atoms with Crippen molar-refractivity contribution in [1.29, 1.82) is 0 Å². The molecule has 2 fully saturated rings. The van der Waals surface area contributed by atoms with Gasteiger partial charge < -0.3 is 15.0 Å². The molecule has 1 aromatic carbocycles. The van der Waals surface area contributed by atoms with Gasteiger partial charge in [0.1, 0.15) is 5.82 Å². The van der Waals surface area contributed by atoms with E-state index in [1.165, 1.54) is 15.3 Å². The Hall–Kier alpha value is -2.04. The van der Waals surface area contributed by atoms with Crippen LogP contribution in [0.4, 0.5) is 4.39 Å². The van der Waals surface area contributed by atoms with Crippen molar-refractivity contribution < 1.29 is 27.1 Å². The van der Waals surface area contributed by atoms with Crippen LogP contribution in [0.2, 0.25) is 0 Å². The van der Waals surface area contributed by atoms with Gasteiger partial charge in [-0.1, -0.05) is 13.3 Å². The molecule has 8 nitrogen and oxygen atoms in total. The SMILES string of the molecule is CCCCNC(=O)C1CCC(C)N(C(=O)c2cc(S(=O)(=O)N3CCOCC3)ccc2F)C1. The topological polar surface area (TPSA) is 96.0 Å². The molecule has 2 saturated heterocycles. The number of carbonyl (C=O) groups excluding carboxylic acids is 2. The number of hydrogen-bond acceptors (Lipinski definition) is 5. The number of benzene rings is 1. The van der Waals surface area contributed by atoms with Gasteiger partial charge in [0.2, 0.25) is 15.9 Å². The van der Waals surface area contributed by atoms with E-state index in [9.17, 15) is 22.4 Å². The molecule has 0 saturated carbocycles. The van der Waals surface area contributed by atoms with Crippen molar-refractivity contribution in [2.24, 2.45) is 5.92 Å². The molecule has 1 N–H and O–H groups in total. The fraction of sp³-hybridized carbons (Fsp3) is 0.636. The lowest BCUT2D eigenvalue weighted by Crippen LogP contribution is -2.49. The number of sulfonamides is 1. The summed E-state index contributed by atoms with van der Waals surface area (Å²) in [5.74, 6) is -1.85. The van der Waals surface area contributed by atoms with Gasteiger partial charge in [-0.15, -0.1) is 0 Å². The number of halogens is 1. The zero-order valence-corrected chi connectivity index (χ0v) is 19.5. The molecule has 2 amide bonds. The number of hydrogen-bond donors (Lipinski definition) is 1. The standard InChI is InChI=1S/C22H32FN3O5S/c1-3-4-9-24-21(27)17-6-5-16(2)26(15-17)22(28)19-14-18(7-8-20(19)23)32(29,30)25-10-12-31-13-11-25/h7-8,14,16-17H,3-6,9-13,15H2,1-2H3,(H,24,27). The van der Waals surface area contributed by atoms with Crippen LogP contribution in [0.15, 0.2) is 23.1 Å². The number of morpholine rings is 1. The van der Waals surface area contributed by atoms with Crippen LogP contribution in [-0.4, -0.2) is 74.9 Å². The van der Waals surface area contributed by atoms with E-state index in [4.69, 9.17) is 4.74 Å². The molecule has 2 heterocycles. The summed E-state index contributed by atoms with van der Waals surface area (Å²) in [5, 5.41) is 2.90. The molecule has 0 radical (unpaired) electrons. The highest BCUT2D eigenvalue weighted by Gasteiger charge is 2.35. The van der Waals surface area contributed by atoms with E-state index in [-0.39, 0.29) is 48.0 Å². The predicted octanol–water partition coefficient (Wildman–Crippen LogP) is 2.00. The Labute approximate surface area is 189 Å². The molecule has 1 aromatic rings. The summed E-state index contributed by atoms with van der Waals surface area (Å²) in [5.41, 5.74) is -0.293. The maximum atomic E-state index is 14.6. The minimum Gasteiger partial charge on any atom is -0.379 e. The largest absolute Gasteiger partial charge is 0.379 e. The van der Waals surface area contributed by atoms with Crippen molar-refractivity contribution in [2.75, 3.05) is 39.4 Å². The number of unbranched alkanes of at least 4 members (excludes halogenated alkanes) is 1. The minimum atomic E-state index is -3.86. The van der Waals surface area contributed by atoms with E-state index in [0.29, 0.717) is 32.6 Å². The minimum absolute atomic E-state index is 0.104. The quantitative estimate of drug-likeness (QED) is 0.617. The van der Waals surface area contributed by atoms with Gasteiger partial charge in [0.25, 0.3) is 5.91 Å². The first-order valence-electron chi connectivity index (χ1n) is 11.2. The zero-order valence-electron chi connectivity index (χ0n) is 18.7. The fourth-order valence-electron chi connectivity index (χ4n) is 4.06. The molecule has 178 valence electrons.